The first kappa shape index (κ1) is 11.4. The van der Waals surface area contributed by atoms with Gasteiger partial charge < -0.3 is 10.1 Å². The molecule has 1 aliphatic rings. The number of aryl methyl sites for hydroxylation is 2. The van der Waals surface area contributed by atoms with Gasteiger partial charge in [0.15, 0.2) is 0 Å². The van der Waals surface area contributed by atoms with Gasteiger partial charge in [0.2, 0.25) is 0 Å². The second-order valence-corrected chi connectivity index (χ2v) is 4.82. The minimum absolute atomic E-state index is 0.134. The maximum absolute atomic E-state index is 8.73. The Balaban J connectivity index is 2.03. The van der Waals surface area contributed by atoms with E-state index in [0.29, 0.717) is 6.42 Å². The molecule has 2 heteroatoms. The number of aromatic amines is 1. The van der Waals surface area contributed by atoms with Gasteiger partial charge in [0, 0.05) is 28.6 Å². The van der Waals surface area contributed by atoms with E-state index >= 15 is 0 Å². The summed E-state index contributed by atoms with van der Waals surface area (Å²) in [4.78, 5) is 3.52. The van der Waals surface area contributed by atoms with Crippen LogP contribution in [0.4, 0.5) is 0 Å². The van der Waals surface area contributed by atoms with Crippen molar-refractivity contribution in [3.63, 3.8) is 0 Å². The Morgan fingerprint density at radius 2 is 2.11 bits per heavy atom. The molecule has 0 bridgehead atoms. The van der Waals surface area contributed by atoms with Crippen molar-refractivity contribution in [3.8, 4) is 11.8 Å². The average molecular weight is 239 g/mol. The fourth-order valence-corrected chi connectivity index (χ4v) is 2.70. The smallest absolute Gasteiger partial charge is 0.0540 e. The van der Waals surface area contributed by atoms with E-state index in [1.54, 1.807) is 0 Å². The monoisotopic (exact) mass is 239 g/mol. The maximum atomic E-state index is 8.73. The number of aromatic nitrogens is 1. The predicted molar refractivity (Wildman–Crippen MR) is 73.5 cm³/mol. The van der Waals surface area contributed by atoms with Gasteiger partial charge in [-0.3, -0.25) is 0 Å². The van der Waals surface area contributed by atoms with Crippen molar-refractivity contribution in [2.45, 2.75) is 32.1 Å². The van der Waals surface area contributed by atoms with Crippen LogP contribution in [-0.4, -0.2) is 16.7 Å². The standard InChI is InChI=1S/C16H17NO/c18-10-4-3-5-12-8-9-16-14(11-12)13-6-1-2-7-15(13)17-16/h8-9,11,17-18H,1-2,4,6-7,10H2. The lowest BCUT2D eigenvalue weighted by Gasteiger charge is -2.10. The summed E-state index contributed by atoms with van der Waals surface area (Å²) in [5, 5.41) is 10.1. The molecule has 2 N–H and O–H groups in total. The van der Waals surface area contributed by atoms with Crippen LogP contribution in [0.5, 0.6) is 0 Å². The van der Waals surface area contributed by atoms with Crippen LogP contribution >= 0.6 is 0 Å². The number of rotatable bonds is 1. The van der Waals surface area contributed by atoms with Gasteiger partial charge >= 0.3 is 0 Å². The second kappa shape index (κ2) is 4.88. The largest absolute Gasteiger partial charge is 0.395 e. The summed E-state index contributed by atoms with van der Waals surface area (Å²) >= 11 is 0. The van der Waals surface area contributed by atoms with Gasteiger partial charge in [-0.2, -0.15) is 0 Å². The molecule has 1 aliphatic carbocycles. The van der Waals surface area contributed by atoms with Crippen molar-refractivity contribution >= 4 is 10.9 Å². The number of aliphatic hydroxyl groups is 1. The Labute approximate surface area is 107 Å². The molecule has 18 heavy (non-hydrogen) atoms. The van der Waals surface area contributed by atoms with Crippen molar-refractivity contribution in [1.82, 2.24) is 4.98 Å². The summed E-state index contributed by atoms with van der Waals surface area (Å²) in [7, 11) is 0. The molecule has 92 valence electrons. The number of fused-ring (bicyclic) bond motifs is 3. The van der Waals surface area contributed by atoms with Crippen molar-refractivity contribution < 1.29 is 5.11 Å². The van der Waals surface area contributed by atoms with Gasteiger partial charge in [-0.15, -0.1) is 0 Å². The average Bonchev–Trinajstić information content (AvgIpc) is 2.77. The summed E-state index contributed by atoms with van der Waals surface area (Å²) in [5.74, 6) is 6.09. The number of benzene rings is 1. The molecule has 0 amide bonds. The molecule has 0 saturated heterocycles. The van der Waals surface area contributed by atoms with E-state index in [1.807, 2.05) is 0 Å². The quantitative estimate of drug-likeness (QED) is 0.738. The SMILES string of the molecule is OCCC#Cc1ccc2[nH]c3c(c2c1)CCCC3. The van der Waals surface area contributed by atoms with Crippen molar-refractivity contribution in [2.75, 3.05) is 6.61 Å². The van der Waals surface area contributed by atoms with Crippen LogP contribution in [0.15, 0.2) is 18.2 Å². The predicted octanol–water partition coefficient (Wildman–Crippen LogP) is 2.78. The highest BCUT2D eigenvalue weighted by molar-refractivity contribution is 5.86. The Kier molecular flexibility index (Phi) is 3.08. The minimum Gasteiger partial charge on any atom is -0.395 e. The second-order valence-electron chi connectivity index (χ2n) is 4.82. The van der Waals surface area contributed by atoms with Gasteiger partial charge in [-0.05, 0) is 49.4 Å². The maximum Gasteiger partial charge on any atom is 0.0540 e. The molecule has 0 aliphatic heterocycles. The molecule has 0 saturated carbocycles. The van der Waals surface area contributed by atoms with Crippen LogP contribution in [-0.2, 0) is 12.8 Å². The summed E-state index contributed by atoms with van der Waals surface area (Å²) in [6.45, 7) is 0.134. The molecular weight excluding hydrogens is 222 g/mol. The van der Waals surface area contributed by atoms with E-state index < -0.39 is 0 Å². The lowest BCUT2D eigenvalue weighted by atomic mass is 9.95. The highest BCUT2D eigenvalue weighted by Crippen LogP contribution is 2.29. The molecule has 0 radical (unpaired) electrons. The van der Waals surface area contributed by atoms with Crippen LogP contribution < -0.4 is 0 Å². The molecule has 3 rings (SSSR count). The van der Waals surface area contributed by atoms with E-state index in [-0.39, 0.29) is 6.61 Å². The minimum atomic E-state index is 0.134. The Hall–Kier alpha value is -1.72. The van der Waals surface area contributed by atoms with Gasteiger partial charge in [-0.1, -0.05) is 11.8 Å². The number of hydrogen-bond donors (Lipinski definition) is 2. The van der Waals surface area contributed by atoms with Crippen LogP contribution in [0.1, 0.15) is 36.1 Å². The molecule has 1 heterocycles. The van der Waals surface area contributed by atoms with E-state index in [1.165, 1.54) is 47.8 Å². The van der Waals surface area contributed by atoms with Crippen LogP contribution in [0, 0.1) is 11.8 Å². The molecule has 0 spiro atoms. The van der Waals surface area contributed by atoms with Crippen molar-refractivity contribution in [3.05, 3.63) is 35.0 Å². The van der Waals surface area contributed by atoms with Gasteiger partial charge in [-0.25, -0.2) is 0 Å². The molecule has 2 aromatic rings. The Morgan fingerprint density at radius 1 is 1.22 bits per heavy atom. The molecular formula is C16H17NO. The Bertz CT molecular complexity index is 628. The fourth-order valence-electron chi connectivity index (χ4n) is 2.70. The van der Waals surface area contributed by atoms with Crippen LogP contribution in [0.3, 0.4) is 0 Å². The lowest BCUT2D eigenvalue weighted by molar-refractivity contribution is 0.305. The first-order chi connectivity index (χ1) is 8.88. The molecule has 0 fully saturated rings. The highest BCUT2D eigenvalue weighted by Gasteiger charge is 2.14. The van der Waals surface area contributed by atoms with Gasteiger partial charge in [0.05, 0.1) is 6.61 Å². The zero-order valence-corrected chi connectivity index (χ0v) is 10.4. The van der Waals surface area contributed by atoms with Gasteiger partial charge in [0.25, 0.3) is 0 Å². The molecule has 0 atom stereocenters. The molecule has 1 aromatic heterocycles. The number of hydrogen-bond acceptors (Lipinski definition) is 1. The zero-order valence-electron chi connectivity index (χ0n) is 10.4. The summed E-state index contributed by atoms with van der Waals surface area (Å²) in [6.07, 6.45) is 5.49. The molecule has 2 nitrogen and oxygen atoms in total. The van der Waals surface area contributed by atoms with Gasteiger partial charge in [0.1, 0.15) is 0 Å². The fraction of sp³-hybridized carbons (Fsp3) is 0.375. The van der Waals surface area contributed by atoms with Crippen molar-refractivity contribution in [2.24, 2.45) is 0 Å². The van der Waals surface area contributed by atoms with Crippen LogP contribution in [0.2, 0.25) is 0 Å². The molecule has 0 unspecified atom stereocenters. The third kappa shape index (κ3) is 2.02. The van der Waals surface area contributed by atoms with Crippen LogP contribution in [0.25, 0.3) is 10.9 Å². The van der Waals surface area contributed by atoms with Crippen molar-refractivity contribution in [1.29, 1.82) is 0 Å². The first-order valence-electron chi connectivity index (χ1n) is 6.61. The zero-order chi connectivity index (χ0) is 12.4. The van der Waals surface area contributed by atoms with E-state index in [2.05, 4.69) is 35.0 Å². The third-order valence-corrected chi connectivity index (χ3v) is 3.57. The summed E-state index contributed by atoms with van der Waals surface area (Å²) < 4.78 is 0. The lowest BCUT2D eigenvalue weighted by Crippen LogP contribution is -1.99. The highest BCUT2D eigenvalue weighted by atomic mass is 16.2. The van der Waals surface area contributed by atoms with E-state index in [0.717, 1.165) is 5.56 Å². The first-order valence-corrected chi connectivity index (χ1v) is 6.61. The van der Waals surface area contributed by atoms with E-state index in [9.17, 15) is 0 Å². The summed E-state index contributed by atoms with van der Waals surface area (Å²) in [6, 6.07) is 6.35. The topological polar surface area (TPSA) is 36.0 Å². The third-order valence-electron chi connectivity index (χ3n) is 3.57. The number of nitrogens with one attached hydrogen (secondary N) is 1. The van der Waals surface area contributed by atoms with E-state index in [4.69, 9.17) is 5.11 Å². The number of H-pyrrole nitrogens is 1. The molecule has 1 aromatic carbocycles. The number of aliphatic hydroxyl groups excluding tert-OH is 1. The Morgan fingerprint density at radius 3 is 3.00 bits per heavy atom. The summed E-state index contributed by atoms with van der Waals surface area (Å²) in [5.41, 5.74) is 5.18. The normalized spacial score (nSPS) is 14.1.